The van der Waals surface area contributed by atoms with Gasteiger partial charge in [-0.1, -0.05) is 11.6 Å². The van der Waals surface area contributed by atoms with Crippen molar-refractivity contribution < 1.29 is 51.3 Å². The fraction of sp³-hybridized carbons (Fsp3) is 0.714. The minimum Gasteiger partial charge on any atom is -0.396 e. The van der Waals surface area contributed by atoms with Crippen molar-refractivity contribution in [3.63, 3.8) is 0 Å². The van der Waals surface area contributed by atoms with Crippen molar-refractivity contribution in [3.05, 3.63) is 41.7 Å². The lowest BCUT2D eigenvalue weighted by atomic mass is 9.93. The molecule has 20 nitrogen and oxygen atoms in total. The van der Waals surface area contributed by atoms with Crippen LogP contribution in [0.1, 0.15) is 0 Å². The van der Waals surface area contributed by atoms with E-state index in [-0.39, 0.29) is 5.15 Å². The summed E-state index contributed by atoms with van der Waals surface area (Å²) in [5.74, 6) is 0. The van der Waals surface area contributed by atoms with Crippen LogP contribution >= 0.6 is 11.6 Å². The molecule has 1 aromatic heterocycles. The zero-order valence-electron chi connectivity index (χ0n) is 13.5. The van der Waals surface area contributed by atoms with E-state index in [4.69, 9.17) is 78.0 Å². The fourth-order valence-electron chi connectivity index (χ4n) is 0.485. The van der Waals surface area contributed by atoms with Crippen LogP contribution in [-0.4, -0.2) is 98.4 Å². The molecule has 0 saturated heterocycles. The average Bonchev–Trinajstić information content (AvgIpc) is 2.57. The van der Waals surface area contributed by atoms with Gasteiger partial charge in [-0.25, -0.2) is 0 Å². The number of nitrogens with zero attached hydrogens (tertiary/aromatic N) is 7. The van der Waals surface area contributed by atoms with Crippen molar-refractivity contribution in [1.29, 1.82) is 0 Å². The van der Waals surface area contributed by atoms with E-state index < -0.39 is 47.1 Å². The van der Waals surface area contributed by atoms with E-state index in [2.05, 4.69) is 20.6 Å². The highest BCUT2D eigenvalue weighted by molar-refractivity contribution is 6.29. The lowest BCUT2D eigenvalue weighted by Crippen LogP contribution is -2.37. The fourth-order valence-corrected chi connectivity index (χ4v) is 0.563. The zero-order valence-corrected chi connectivity index (χ0v) is 14.3. The number of hydrogen-bond acceptors (Lipinski definition) is 14. The van der Waals surface area contributed by atoms with Crippen LogP contribution in [0.15, 0.2) is 6.20 Å². The first kappa shape index (κ1) is 32.4. The van der Waals surface area contributed by atoms with Gasteiger partial charge in [0, 0.05) is 0 Å². The second-order valence-corrected chi connectivity index (χ2v) is 4.08. The number of halogens is 1. The highest BCUT2D eigenvalue weighted by atomic mass is 35.5. The lowest BCUT2D eigenvalue weighted by molar-refractivity contribution is -0.742. The average molecular weight is 442 g/mol. The van der Waals surface area contributed by atoms with E-state index in [9.17, 15) is 0 Å². The van der Waals surface area contributed by atoms with Crippen molar-refractivity contribution in [2.75, 3.05) is 26.4 Å². The molecule has 0 atom stereocenters. The molecule has 21 heteroatoms. The molecule has 0 aliphatic carbocycles. The van der Waals surface area contributed by atoms with Gasteiger partial charge < -0.3 is 36.0 Å². The molecule has 1 aromatic rings. The van der Waals surface area contributed by atoms with Crippen molar-refractivity contribution >= 4 is 11.6 Å². The maximum atomic E-state index is 8.50. The van der Waals surface area contributed by atoms with E-state index in [1.807, 2.05) is 0 Å². The molecule has 0 fully saturated rings. The van der Waals surface area contributed by atoms with Gasteiger partial charge in [0.1, 0.15) is 0 Å². The van der Waals surface area contributed by atoms with Gasteiger partial charge in [-0.15, -0.1) is 40.5 Å². The summed E-state index contributed by atoms with van der Waals surface area (Å²) >= 11 is 5.26. The molecule has 0 unspecified atom stereocenters. The van der Waals surface area contributed by atoms with Crippen LogP contribution in [0.4, 0.5) is 0 Å². The molecule has 0 saturated carbocycles. The molecule has 0 bridgehead atoms. The number of hydrogen-bond donors (Lipinski definition) is 7. The molecule has 0 aromatic carbocycles. The Morgan fingerprint density at radius 2 is 1.11 bits per heavy atom. The van der Waals surface area contributed by atoms with Crippen LogP contribution in [0.2, 0.25) is 5.15 Å². The van der Waals surface area contributed by atoms with Gasteiger partial charge in [-0.3, -0.25) is 0 Å². The standard InChI is InChI=1S/C5H12O4.C2HClN4.3HNO3/c6-1-5(2-7,3-8)4-9;3-2-1-4-6-7-5-2;3*2-1(3)4/h6-9H,1-4H2;1H;3*(H,2,3,4). The Kier molecular flexibility index (Phi) is 25.1. The Labute approximate surface area is 158 Å². The van der Waals surface area contributed by atoms with Crippen molar-refractivity contribution in [1.82, 2.24) is 20.6 Å². The predicted molar refractivity (Wildman–Crippen MR) is 79.8 cm³/mol. The van der Waals surface area contributed by atoms with Crippen LogP contribution in [0.3, 0.4) is 0 Å². The molecule has 0 spiro atoms. The van der Waals surface area contributed by atoms with Gasteiger partial charge in [0.25, 0.3) is 15.3 Å². The van der Waals surface area contributed by atoms with Gasteiger partial charge in [0.15, 0.2) is 5.15 Å². The molecule has 28 heavy (non-hydrogen) atoms. The minimum absolute atomic E-state index is 0.259. The van der Waals surface area contributed by atoms with Crippen LogP contribution in [0.5, 0.6) is 0 Å². The number of aliphatic hydroxyl groups excluding tert-OH is 4. The maximum Gasteiger partial charge on any atom is 0.291 e. The topological polar surface area (TPSA) is 323 Å². The van der Waals surface area contributed by atoms with E-state index in [0.717, 1.165) is 0 Å². The summed E-state index contributed by atoms with van der Waals surface area (Å²) in [5, 5.41) is 88.1. The third-order valence-corrected chi connectivity index (χ3v) is 1.91. The Hall–Kier alpha value is -3.33. The predicted octanol–water partition coefficient (Wildman–Crippen LogP) is -3.18. The summed E-state index contributed by atoms with van der Waals surface area (Å²) in [6.07, 6.45) is 1.31. The molecule has 0 radical (unpaired) electrons. The van der Waals surface area contributed by atoms with Crippen LogP contribution < -0.4 is 0 Å². The molecule has 0 aliphatic heterocycles. The highest BCUT2D eigenvalue weighted by Crippen LogP contribution is 2.11. The van der Waals surface area contributed by atoms with Gasteiger partial charge in [0.2, 0.25) is 0 Å². The quantitative estimate of drug-likeness (QED) is 0.178. The molecular weight excluding hydrogens is 426 g/mol. The Balaban J connectivity index is -0.000000136. The molecule has 0 amide bonds. The van der Waals surface area contributed by atoms with E-state index in [0.29, 0.717) is 0 Å². The van der Waals surface area contributed by atoms with Gasteiger partial charge in [-0.05, 0) is 10.4 Å². The minimum atomic E-state index is -1.50. The number of rotatable bonds is 4. The van der Waals surface area contributed by atoms with Crippen LogP contribution in [-0.2, 0) is 0 Å². The SMILES string of the molecule is Clc1cnnnn1.O=[N+]([O-])O.O=[N+]([O-])O.O=[N+]([O-])O.OCC(CO)(CO)CO. The second-order valence-electron chi connectivity index (χ2n) is 3.69. The van der Waals surface area contributed by atoms with Crippen molar-refractivity contribution in [2.45, 2.75) is 0 Å². The molecular formula is C7H16ClN7O13. The highest BCUT2D eigenvalue weighted by Gasteiger charge is 2.26. The smallest absolute Gasteiger partial charge is 0.291 e. The first-order valence-corrected chi connectivity index (χ1v) is 6.31. The monoisotopic (exact) mass is 441 g/mol. The van der Waals surface area contributed by atoms with Crippen molar-refractivity contribution in [3.8, 4) is 0 Å². The van der Waals surface area contributed by atoms with E-state index in [1.165, 1.54) is 6.20 Å². The first-order valence-electron chi connectivity index (χ1n) is 5.93. The van der Waals surface area contributed by atoms with Gasteiger partial charge in [-0.2, -0.15) is 0 Å². The Bertz CT molecular complexity index is 461. The largest absolute Gasteiger partial charge is 0.396 e. The van der Waals surface area contributed by atoms with E-state index >= 15 is 0 Å². The molecule has 164 valence electrons. The summed E-state index contributed by atoms with van der Waals surface area (Å²) < 4.78 is 0. The summed E-state index contributed by atoms with van der Waals surface area (Å²) in [4.78, 5) is 25.1. The third kappa shape index (κ3) is 38.3. The second kappa shape index (κ2) is 21.7. The molecule has 1 rings (SSSR count). The number of aromatic nitrogens is 4. The normalized spacial score (nSPS) is 8.61. The van der Waals surface area contributed by atoms with E-state index in [1.54, 1.807) is 0 Å². The summed E-state index contributed by atoms with van der Waals surface area (Å²) in [6, 6.07) is 0. The lowest BCUT2D eigenvalue weighted by Gasteiger charge is -2.23. The van der Waals surface area contributed by atoms with Gasteiger partial charge >= 0.3 is 0 Å². The maximum absolute atomic E-state index is 8.50. The summed E-state index contributed by atoms with van der Waals surface area (Å²) in [6.45, 7) is -1.62. The molecule has 0 aliphatic rings. The number of aliphatic hydroxyl groups is 4. The Morgan fingerprint density at radius 3 is 1.18 bits per heavy atom. The van der Waals surface area contributed by atoms with Gasteiger partial charge in [0.05, 0.1) is 38.0 Å². The molecule has 7 N–H and O–H groups in total. The van der Waals surface area contributed by atoms with Crippen LogP contribution in [0.25, 0.3) is 0 Å². The van der Waals surface area contributed by atoms with Crippen LogP contribution in [0, 0.1) is 35.8 Å². The molecule has 1 heterocycles. The van der Waals surface area contributed by atoms with Crippen molar-refractivity contribution in [2.24, 2.45) is 5.41 Å². The third-order valence-electron chi connectivity index (χ3n) is 1.74. The summed E-state index contributed by atoms with van der Waals surface area (Å²) in [5.41, 5.74) is -1.11. The zero-order chi connectivity index (χ0) is 23.2. The summed E-state index contributed by atoms with van der Waals surface area (Å²) in [7, 11) is 0. The first-order chi connectivity index (χ1) is 12.8. The Morgan fingerprint density at radius 1 is 0.821 bits per heavy atom.